The maximum absolute atomic E-state index is 13.0. The third-order valence-electron chi connectivity index (χ3n) is 2.21. The smallest absolute Gasteiger partial charge is 0.306 e. The number of hydrogen-bond donors (Lipinski definition) is 2. The number of nitro benzene ring substituents is 1. The second-order valence-electron chi connectivity index (χ2n) is 3.55. The number of rotatable bonds is 4. The molecule has 1 unspecified atom stereocenters. The molecule has 1 aromatic carbocycles. The minimum Gasteiger partial charge on any atom is -0.330 e. The van der Waals surface area contributed by atoms with Crippen molar-refractivity contribution in [2.45, 2.75) is 6.92 Å². The number of nitrogens with one attached hydrogen (secondary N) is 1. The average molecular weight is 241 g/mol. The van der Waals surface area contributed by atoms with Crippen LogP contribution in [0.2, 0.25) is 0 Å². The Balaban J connectivity index is 2.90. The fourth-order valence-electron chi connectivity index (χ4n) is 1.10. The van der Waals surface area contributed by atoms with Gasteiger partial charge in [0.1, 0.15) is 0 Å². The van der Waals surface area contributed by atoms with E-state index < -0.39 is 22.3 Å². The maximum Gasteiger partial charge on any atom is 0.306 e. The van der Waals surface area contributed by atoms with E-state index in [0.717, 1.165) is 12.1 Å². The molecule has 1 atom stereocenters. The van der Waals surface area contributed by atoms with E-state index in [1.165, 1.54) is 6.07 Å². The molecule has 0 spiro atoms. The number of carbonyl (C=O) groups is 1. The normalized spacial score (nSPS) is 11.9. The predicted molar refractivity (Wildman–Crippen MR) is 59.9 cm³/mol. The number of benzene rings is 1. The second kappa shape index (κ2) is 5.35. The number of halogens is 1. The van der Waals surface area contributed by atoms with Crippen LogP contribution in [0.5, 0.6) is 0 Å². The molecule has 0 fully saturated rings. The molecule has 0 saturated carbocycles. The van der Waals surface area contributed by atoms with Crippen LogP contribution in [-0.2, 0) is 4.79 Å². The summed E-state index contributed by atoms with van der Waals surface area (Å²) in [7, 11) is 0. The Morgan fingerprint density at radius 3 is 2.82 bits per heavy atom. The van der Waals surface area contributed by atoms with Crippen molar-refractivity contribution in [2.75, 3.05) is 11.9 Å². The molecule has 1 rings (SSSR count). The molecule has 17 heavy (non-hydrogen) atoms. The van der Waals surface area contributed by atoms with Gasteiger partial charge in [0.25, 0.3) is 0 Å². The van der Waals surface area contributed by atoms with Gasteiger partial charge in [0, 0.05) is 24.2 Å². The molecule has 0 aromatic heterocycles. The first-order chi connectivity index (χ1) is 7.95. The molecular weight excluding hydrogens is 229 g/mol. The summed E-state index contributed by atoms with van der Waals surface area (Å²) in [6.45, 7) is 1.78. The van der Waals surface area contributed by atoms with Crippen LogP contribution in [-0.4, -0.2) is 17.4 Å². The summed E-state index contributed by atoms with van der Waals surface area (Å²) < 4.78 is 13.0. The first-order valence-corrected chi connectivity index (χ1v) is 4.90. The lowest BCUT2D eigenvalue weighted by Crippen LogP contribution is -2.26. The fraction of sp³-hybridized carbons (Fsp3) is 0.300. The van der Waals surface area contributed by atoms with Crippen molar-refractivity contribution in [3.8, 4) is 0 Å². The minimum absolute atomic E-state index is 0.162. The molecule has 0 aliphatic heterocycles. The lowest BCUT2D eigenvalue weighted by molar-refractivity contribution is -0.387. The zero-order chi connectivity index (χ0) is 13.0. The molecule has 0 radical (unpaired) electrons. The second-order valence-corrected chi connectivity index (χ2v) is 3.55. The summed E-state index contributed by atoms with van der Waals surface area (Å²) in [4.78, 5) is 21.1. The van der Waals surface area contributed by atoms with Gasteiger partial charge < -0.3 is 11.1 Å². The monoisotopic (exact) mass is 241 g/mol. The highest BCUT2D eigenvalue weighted by Crippen LogP contribution is 2.21. The van der Waals surface area contributed by atoms with Crippen LogP contribution in [0, 0.1) is 21.8 Å². The lowest BCUT2D eigenvalue weighted by Gasteiger charge is -2.09. The topological polar surface area (TPSA) is 98.3 Å². The lowest BCUT2D eigenvalue weighted by atomic mass is 10.1. The van der Waals surface area contributed by atoms with Crippen molar-refractivity contribution in [3.05, 3.63) is 34.1 Å². The maximum atomic E-state index is 13.0. The van der Waals surface area contributed by atoms with Gasteiger partial charge in [-0.15, -0.1) is 0 Å². The molecule has 0 saturated heterocycles. The average Bonchev–Trinajstić information content (AvgIpc) is 2.30. The van der Waals surface area contributed by atoms with Gasteiger partial charge in [-0.1, -0.05) is 6.92 Å². The third-order valence-corrected chi connectivity index (χ3v) is 2.21. The first kappa shape index (κ1) is 13.0. The van der Waals surface area contributed by atoms with Crippen molar-refractivity contribution < 1.29 is 14.1 Å². The predicted octanol–water partition coefficient (Wildman–Crippen LogP) is 1.27. The minimum atomic E-state index is -0.945. The molecule has 92 valence electrons. The van der Waals surface area contributed by atoms with Gasteiger partial charge in [-0.25, -0.2) is 0 Å². The van der Waals surface area contributed by atoms with Crippen molar-refractivity contribution in [2.24, 2.45) is 11.7 Å². The van der Waals surface area contributed by atoms with Crippen molar-refractivity contribution in [3.63, 3.8) is 0 Å². The third kappa shape index (κ3) is 3.22. The van der Waals surface area contributed by atoms with Crippen LogP contribution in [0.15, 0.2) is 18.2 Å². The largest absolute Gasteiger partial charge is 0.330 e. The van der Waals surface area contributed by atoms with Gasteiger partial charge in [-0.05, 0) is 12.1 Å². The molecule has 0 aliphatic rings. The number of hydrogen-bond acceptors (Lipinski definition) is 4. The van der Waals surface area contributed by atoms with Gasteiger partial charge in [-0.3, -0.25) is 14.9 Å². The van der Waals surface area contributed by atoms with E-state index in [9.17, 15) is 19.3 Å². The van der Waals surface area contributed by atoms with Crippen molar-refractivity contribution in [1.82, 2.24) is 0 Å². The highest BCUT2D eigenvalue weighted by atomic mass is 19.1. The highest BCUT2D eigenvalue weighted by Gasteiger charge is 2.16. The van der Waals surface area contributed by atoms with Crippen molar-refractivity contribution in [1.29, 1.82) is 0 Å². The summed E-state index contributed by atoms with van der Waals surface area (Å²) in [5.74, 6) is -1.73. The van der Waals surface area contributed by atoms with Crippen LogP contribution in [0.25, 0.3) is 0 Å². The van der Waals surface area contributed by atoms with E-state index in [1.807, 2.05) is 0 Å². The van der Waals surface area contributed by atoms with Crippen molar-refractivity contribution >= 4 is 17.3 Å². The fourth-order valence-corrected chi connectivity index (χ4v) is 1.10. The van der Waals surface area contributed by atoms with E-state index in [2.05, 4.69) is 5.32 Å². The summed E-state index contributed by atoms with van der Waals surface area (Å²) in [5.41, 5.74) is 4.79. The van der Waals surface area contributed by atoms with Gasteiger partial charge in [0.15, 0.2) is 0 Å². The number of amides is 1. The number of nitrogens with two attached hydrogens (primary N) is 1. The highest BCUT2D eigenvalue weighted by molar-refractivity contribution is 5.92. The van der Waals surface area contributed by atoms with Crippen LogP contribution in [0.1, 0.15) is 6.92 Å². The molecule has 3 N–H and O–H groups in total. The molecule has 1 amide bonds. The Bertz CT molecular complexity index is 450. The Kier molecular flexibility index (Phi) is 4.11. The molecule has 0 heterocycles. The van der Waals surface area contributed by atoms with E-state index in [4.69, 9.17) is 5.73 Å². The van der Waals surface area contributed by atoms with Crippen LogP contribution >= 0.6 is 0 Å². The number of anilines is 1. The Hall–Kier alpha value is -2.02. The van der Waals surface area contributed by atoms with Crippen LogP contribution in [0.4, 0.5) is 15.8 Å². The molecule has 1 aromatic rings. The summed E-state index contributed by atoms with van der Waals surface area (Å²) in [6.07, 6.45) is 0. The van der Waals surface area contributed by atoms with E-state index in [-0.39, 0.29) is 18.1 Å². The van der Waals surface area contributed by atoms with Gasteiger partial charge in [0.05, 0.1) is 4.92 Å². The van der Waals surface area contributed by atoms with Gasteiger partial charge in [0.2, 0.25) is 11.7 Å². The molecular formula is C10H12FN3O3. The molecule has 0 bridgehead atoms. The Morgan fingerprint density at radius 2 is 2.29 bits per heavy atom. The summed E-state index contributed by atoms with van der Waals surface area (Å²) >= 11 is 0. The Labute approximate surface area is 96.8 Å². The number of nitro groups is 1. The SMILES string of the molecule is CC(CN)C(=O)Nc1ccc(F)c([N+](=O)[O-])c1. The van der Waals surface area contributed by atoms with Crippen LogP contribution in [0.3, 0.4) is 0 Å². The van der Waals surface area contributed by atoms with Crippen LogP contribution < -0.4 is 11.1 Å². The summed E-state index contributed by atoms with van der Waals surface area (Å²) in [5, 5.41) is 12.9. The number of nitrogens with zero attached hydrogens (tertiary/aromatic N) is 1. The van der Waals surface area contributed by atoms with E-state index >= 15 is 0 Å². The first-order valence-electron chi connectivity index (χ1n) is 4.90. The number of carbonyl (C=O) groups excluding carboxylic acids is 1. The molecule has 6 nitrogen and oxygen atoms in total. The molecule has 7 heteroatoms. The Morgan fingerprint density at radius 1 is 1.65 bits per heavy atom. The molecule has 0 aliphatic carbocycles. The standard InChI is InChI=1S/C10H12FN3O3/c1-6(5-12)10(15)13-7-2-3-8(11)9(4-7)14(16)17/h2-4,6H,5,12H2,1H3,(H,13,15). The van der Waals surface area contributed by atoms with Gasteiger partial charge >= 0.3 is 5.69 Å². The quantitative estimate of drug-likeness (QED) is 0.612. The zero-order valence-electron chi connectivity index (χ0n) is 9.14. The van der Waals surface area contributed by atoms with Gasteiger partial charge in [-0.2, -0.15) is 4.39 Å². The zero-order valence-corrected chi connectivity index (χ0v) is 9.14. The van der Waals surface area contributed by atoms with E-state index in [0.29, 0.717) is 0 Å². The summed E-state index contributed by atoms with van der Waals surface area (Å²) in [6, 6.07) is 3.15. The van der Waals surface area contributed by atoms with E-state index in [1.54, 1.807) is 6.92 Å².